The van der Waals surface area contributed by atoms with Gasteiger partial charge in [-0.3, -0.25) is 0 Å². The second kappa shape index (κ2) is 8.63. The van der Waals surface area contributed by atoms with Crippen LogP contribution in [0, 0.1) is 0 Å². The molecule has 3 N–H and O–H groups in total. The molecule has 0 aromatic heterocycles. The summed E-state index contributed by atoms with van der Waals surface area (Å²) in [5.41, 5.74) is -0.489. The fourth-order valence-electron chi connectivity index (χ4n) is 1.27. The molecule has 0 aliphatic carbocycles. The van der Waals surface area contributed by atoms with Crippen LogP contribution in [-0.4, -0.2) is 62.4 Å². The number of amides is 3. The van der Waals surface area contributed by atoms with Crippen molar-refractivity contribution in [1.29, 1.82) is 0 Å². The number of carbonyl (C=O) groups excluding carboxylic acids is 2. The summed E-state index contributed by atoms with van der Waals surface area (Å²) in [5.74, 6) is 0. The highest BCUT2D eigenvalue weighted by molar-refractivity contribution is 5.73. The fourth-order valence-corrected chi connectivity index (χ4v) is 1.27. The summed E-state index contributed by atoms with van der Waals surface area (Å²) in [5, 5.41) is 8.63. The molecule has 0 radical (unpaired) electrons. The van der Waals surface area contributed by atoms with Crippen molar-refractivity contribution >= 4 is 12.1 Å². The van der Waals surface area contributed by atoms with Crippen LogP contribution in [0.15, 0.2) is 0 Å². The second-order valence-electron chi connectivity index (χ2n) is 5.86. The molecule has 0 fully saturated rings. The summed E-state index contributed by atoms with van der Waals surface area (Å²) < 4.78 is 5.13. The Hall–Kier alpha value is -1.50. The molecule has 3 amide bonds. The highest BCUT2D eigenvalue weighted by atomic mass is 16.6. The average molecular weight is 288 g/mol. The van der Waals surface area contributed by atoms with Gasteiger partial charge in [0.05, 0.1) is 0 Å². The third-order valence-electron chi connectivity index (χ3n) is 2.25. The molecular weight excluding hydrogens is 260 g/mol. The van der Waals surface area contributed by atoms with Crippen molar-refractivity contribution in [1.82, 2.24) is 20.9 Å². The van der Waals surface area contributed by atoms with Crippen molar-refractivity contribution in [2.24, 2.45) is 0 Å². The molecule has 7 nitrogen and oxygen atoms in total. The smallest absolute Gasteiger partial charge is 0.407 e. The lowest BCUT2D eigenvalue weighted by atomic mass is 10.2. The summed E-state index contributed by atoms with van der Waals surface area (Å²) >= 11 is 0. The van der Waals surface area contributed by atoms with E-state index in [1.165, 1.54) is 4.90 Å². The van der Waals surface area contributed by atoms with E-state index in [0.29, 0.717) is 19.6 Å². The Morgan fingerprint density at radius 2 is 1.75 bits per heavy atom. The molecular formula is C13H28N4O3. The van der Waals surface area contributed by atoms with E-state index in [4.69, 9.17) is 4.74 Å². The minimum Gasteiger partial charge on any atom is -0.444 e. The van der Waals surface area contributed by atoms with Gasteiger partial charge in [0.1, 0.15) is 5.60 Å². The number of nitrogens with one attached hydrogen (secondary N) is 3. The van der Waals surface area contributed by atoms with Crippen molar-refractivity contribution in [3.63, 3.8) is 0 Å². The van der Waals surface area contributed by atoms with Crippen LogP contribution in [0.4, 0.5) is 9.59 Å². The summed E-state index contributed by atoms with van der Waals surface area (Å²) in [4.78, 5) is 24.2. The van der Waals surface area contributed by atoms with Crippen LogP contribution in [0.1, 0.15) is 27.7 Å². The molecule has 0 rings (SSSR count). The zero-order valence-corrected chi connectivity index (χ0v) is 13.4. The van der Waals surface area contributed by atoms with Gasteiger partial charge in [-0.25, -0.2) is 9.59 Å². The van der Waals surface area contributed by atoms with Crippen LogP contribution in [0.2, 0.25) is 0 Å². The summed E-state index contributed by atoms with van der Waals surface area (Å²) in [7, 11) is 3.38. The van der Waals surface area contributed by atoms with Gasteiger partial charge in [-0.05, 0) is 27.7 Å². The molecule has 0 saturated carbocycles. The highest BCUT2D eigenvalue weighted by Gasteiger charge is 2.16. The predicted octanol–water partition coefficient (Wildman–Crippen LogP) is 0.760. The summed E-state index contributed by atoms with van der Waals surface area (Å²) in [6.07, 6.45) is -0.424. The number of hydrogen-bond acceptors (Lipinski definition) is 4. The summed E-state index contributed by atoms with van der Waals surface area (Å²) in [6, 6.07) is -0.0230. The van der Waals surface area contributed by atoms with E-state index in [2.05, 4.69) is 16.0 Å². The number of rotatable bonds is 6. The van der Waals surface area contributed by atoms with Gasteiger partial charge in [-0.2, -0.15) is 0 Å². The van der Waals surface area contributed by atoms with E-state index in [9.17, 15) is 9.59 Å². The summed E-state index contributed by atoms with van der Waals surface area (Å²) in [6.45, 7) is 9.05. The van der Waals surface area contributed by atoms with Gasteiger partial charge in [0, 0.05) is 39.8 Å². The van der Waals surface area contributed by atoms with Crippen LogP contribution in [-0.2, 0) is 4.74 Å². The average Bonchev–Trinajstić information content (AvgIpc) is 2.29. The standard InChI is InChI=1S/C13H28N4O3/c1-10(9-16-12(19)20-13(2,3)4)14-7-8-15-11(18)17(5)6/h10,14H,7-9H2,1-6H3,(H,15,18)(H,16,19). The van der Waals surface area contributed by atoms with E-state index in [1.54, 1.807) is 14.1 Å². The molecule has 0 aromatic carbocycles. The SMILES string of the molecule is CC(CNC(=O)OC(C)(C)C)NCCNC(=O)N(C)C. The van der Waals surface area contributed by atoms with Gasteiger partial charge in [0.15, 0.2) is 0 Å². The van der Waals surface area contributed by atoms with Crippen LogP contribution in [0.5, 0.6) is 0 Å². The predicted molar refractivity (Wildman–Crippen MR) is 78.8 cm³/mol. The van der Waals surface area contributed by atoms with Gasteiger partial charge in [0.2, 0.25) is 0 Å². The lowest BCUT2D eigenvalue weighted by Crippen LogP contribution is -2.44. The molecule has 1 atom stereocenters. The van der Waals surface area contributed by atoms with E-state index in [-0.39, 0.29) is 12.1 Å². The molecule has 0 saturated heterocycles. The Balaban J connectivity index is 3.67. The zero-order chi connectivity index (χ0) is 15.8. The van der Waals surface area contributed by atoms with E-state index >= 15 is 0 Å². The first-order valence-corrected chi connectivity index (χ1v) is 6.77. The van der Waals surface area contributed by atoms with Crippen molar-refractivity contribution in [2.45, 2.75) is 39.3 Å². The maximum absolute atomic E-state index is 11.4. The normalized spacial score (nSPS) is 12.5. The van der Waals surface area contributed by atoms with Crippen molar-refractivity contribution in [2.75, 3.05) is 33.7 Å². The van der Waals surface area contributed by atoms with Crippen LogP contribution < -0.4 is 16.0 Å². The number of carbonyl (C=O) groups is 2. The van der Waals surface area contributed by atoms with Gasteiger partial charge >= 0.3 is 12.1 Å². The highest BCUT2D eigenvalue weighted by Crippen LogP contribution is 2.06. The lowest BCUT2D eigenvalue weighted by molar-refractivity contribution is 0.0523. The first kappa shape index (κ1) is 18.5. The quantitative estimate of drug-likeness (QED) is 0.630. The maximum atomic E-state index is 11.4. The minimum absolute atomic E-state index is 0.0961. The molecule has 0 aliphatic heterocycles. The number of nitrogens with zero attached hydrogens (tertiary/aromatic N) is 1. The van der Waals surface area contributed by atoms with E-state index < -0.39 is 11.7 Å². The Bertz CT molecular complexity index is 313. The molecule has 7 heteroatoms. The molecule has 118 valence electrons. The van der Waals surface area contributed by atoms with E-state index in [0.717, 1.165) is 0 Å². The maximum Gasteiger partial charge on any atom is 0.407 e. The minimum atomic E-state index is -0.489. The van der Waals surface area contributed by atoms with E-state index in [1.807, 2.05) is 27.7 Å². The van der Waals surface area contributed by atoms with Crippen molar-refractivity contribution in [3.8, 4) is 0 Å². The first-order chi connectivity index (χ1) is 9.11. The number of urea groups is 1. The van der Waals surface area contributed by atoms with Crippen LogP contribution in [0.3, 0.4) is 0 Å². The third-order valence-corrected chi connectivity index (χ3v) is 2.25. The zero-order valence-electron chi connectivity index (χ0n) is 13.4. The Labute approximate surface area is 121 Å². The first-order valence-electron chi connectivity index (χ1n) is 6.77. The third kappa shape index (κ3) is 10.4. The second-order valence-corrected chi connectivity index (χ2v) is 5.86. The van der Waals surface area contributed by atoms with Crippen LogP contribution >= 0.6 is 0 Å². The number of hydrogen-bond donors (Lipinski definition) is 3. The number of alkyl carbamates (subject to hydrolysis) is 1. The molecule has 20 heavy (non-hydrogen) atoms. The molecule has 0 bridgehead atoms. The molecule has 0 aliphatic rings. The molecule has 1 unspecified atom stereocenters. The van der Waals surface area contributed by atoms with Gasteiger partial charge < -0.3 is 25.6 Å². The Morgan fingerprint density at radius 3 is 2.25 bits per heavy atom. The van der Waals surface area contributed by atoms with Crippen molar-refractivity contribution < 1.29 is 14.3 Å². The lowest BCUT2D eigenvalue weighted by Gasteiger charge is -2.21. The topological polar surface area (TPSA) is 82.7 Å². The Morgan fingerprint density at radius 1 is 1.15 bits per heavy atom. The van der Waals surface area contributed by atoms with Gasteiger partial charge in [-0.1, -0.05) is 0 Å². The molecule has 0 heterocycles. The number of ether oxygens (including phenoxy) is 1. The largest absolute Gasteiger partial charge is 0.444 e. The Kier molecular flexibility index (Phi) is 7.98. The van der Waals surface area contributed by atoms with Gasteiger partial charge in [0.25, 0.3) is 0 Å². The monoisotopic (exact) mass is 288 g/mol. The van der Waals surface area contributed by atoms with Crippen LogP contribution in [0.25, 0.3) is 0 Å². The molecule has 0 aromatic rings. The van der Waals surface area contributed by atoms with Gasteiger partial charge in [-0.15, -0.1) is 0 Å². The molecule has 0 spiro atoms. The van der Waals surface area contributed by atoms with Crippen molar-refractivity contribution in [3.05, 3.63) is 0 Å². The fraction of sp³-hybridized carbons (Fsp3) is 0.846.